The van der Waals surface area contributed by atoms with E-state index in [1.54, 1.807) is 0 Å². The van der Waals surface area contributed by atoms with Crippen LogP contribution in [0.15, 0.2) is 48.5 Å². The lowest BCUT2D eigenvalue weighted by Gasteiger charge is -2.34. The number of carboxylic acids is 1. The van der Waals surface area contributed by atoms with Crippen LogP contribution in [0.5, 0.6) is 0 Å². The molecule has 2 aliphatic heterocycles. The van der Waals surface area contributed by atoms with Crippen LogP contribution >= 0.6 is 23.5 Å². The van der Waals surface area contributed by atoms with Crippen molar-refractivity contribution in [2.24, 2.45) is 0 Å². The van der Waals surface area contributed by atoms with Gasteiger partial charge in [-0.25, -0.2) is 4.79 Å². The van der Waals surface area contributed by atoms with Crippen LogP contribution in [0.25, 0.3) is 0 Å². The first-order chi connectivity index (χ1) is 12.6. The maximum atomic E-state index is 13.0. The van der Waals surface area contributed by atoms with Crippen molar-refractivity contribution in [1.82, 2.24) is 4.90 Å². The summed E-state index contributed by atoms with van der Waals surface area (Å²) in [5, 5.41) is 9.62. The number of thioether (sulfide) groups is 2. The Labute approximate surface area is 161 Å². The molecule has 6 heteroatoms. The van der Waals surface area contributed by atoms with Crippen LogP contribution in [-0.4, -0.2) is 39.4 Å². The average Bonchev–Trinajstić information content (AvgIpc) is 3.21. The van der Waals surface area contributed by atoms with E-state index in [1.165, 1.54) is 10.5 Å². The number of carbonyl (C=O) groups excluding carboxylic acids is 1. The highest BCUT2D eigenvalue weighted by atomic mass is 32.2. The number of hydrogen-bond donors (Lipinski definition) is 1. The number of benzene rings is 2. The van der Waals surface area contributed by atoms with Crippen molar-refractivity contribution in [1.29, 1.82) is 0 Å². The smallest absolute Gasteiger partial charge is 0.326 e. The number of aliphatic carboxylic acids is 1. The Morgan fingerprint density at radius 3 is 2.27 bits per heavy atom. The molecule has 134 valence electrons. The zero-order chi connectivity index (χ0) is 18.1. The van der Waals surface area contributed by atoms with Crippen molar-refractivity contribution in [2.75, 3.05) is 11.5 Å². The monoisotopic (exact) mass is 385 g/mol. The first-order valence-corrected chi connectivity index (χ1v) is 10.7. The predicted molar refractivity (Wildman–Crippen MR) is 106 cm³/mol. The fourth-order valence-electron chi connectivity index (χ4n) is 3.46. The minimum atomic E-state index is -0.955. The summed E-state index contributed by atoms with van der Waals surface area (Å²) in [6.07, 6.45) is 0.352. The fourth-order valence-corrected chi connectivity index (χ4v) is 6.32. The lowest BCUT2D eigenvalue weighted by Crippen LogP contribution is -2.48. The number of amides is 1. The van der Waals surface area contributed by atoms with Crippen molar-refractivity contribution in [3.8, 4) is 0 Å². The van der Waals surface area contributed by atoms with Crippen molar-refractivity contribution >= 4 is 35.4 Å². The van der Waals surface area contributed by atoms with Gasteiger partial charge in [0.15, 0.2) is 0 Å². The van der Waals surface area contributed by atoms with Crippen LogP contribution in [0, 0.1) is 0 Å². The van der Waals surface area contributed by atoms with Gasteiger partial charge in [-0.3, -0.25) is 4.79 Å². The van der Waals surface area contributed by atoms with Crippen molar-refractivity contribution in [3.05, 3.63) is 70.8 Å². The minimum Gasteiger partial charge on any atom is -0.480 e. The zero-order valence-electron chi connectivity index (χ0n) is 14.1. The minimum absolute atomic E-state index is 0.217. The molecule has 0 bridgehead atoms. The second-order valence-corrected chi connectivity index (χ2v) is 9.18. The molecule has 0 aromatic heterocycles. The van der Waals surface area contributed by atoms with Crippen LogP contribution in [0.3, 0.4) is 0 Å². The third-order valence-corrected chi connectivity index (χ3v) is 7.95. The highest BCUT2D eigenvalue weighted by molar-refractivity contribution is 8.19. The topological polar surface area (TPSA) is 57.6 Å². The number of fused-ring (bicyclic) bond motifs is 1. The molecule has 1 amide bonds. The fraction of sp³-hybridized carbons (Fsp3) is 0.300. The van der Waals surface area contributed by atoms with Gasteiger partial charge in [0.2, 0.25) is 0 Å². The molecule has 1 atom stereocenters. The molecule has 2 aromatic rings. The summed E-state index contributed by atoms with van der Waals surface area (Å²) in [7, 11) is 0. The Morgan fingerprint density at radius 2 is 1.62 bits per heavy atom. The van der Waals surface area contributed by atoms with Crippen LogP contribution < -0.4 is 0 Å². The summed E-state index contributed by atoms with van der Waals surface area (Å²) in [4.78, 5) is 26.2. The zero-order valence-corrected chi connectivity index (χ0v) is 15.8. The summed E-state index contributed by atoms with van der Waals surface area (Å²) in [6, 6.07) is 14.6. The summed E-state index contributed by atoms with van der Waals surface area (Å²) >= 11 is 3.85. The van der Waals surface area contributed by atoms with Crippen molar-refractivity contribution in [2.45, 2.75) is 23.6 Å². The molecule has 0 saturated carbocycles. The van der Waals surface area contributed by atoms with Gasteiger partial charge in [0.25, 0.3) is 5.91 Å². The second kappa shape index (κ2) is 7.37. The number of nitrogens with zero attached hydrogens (tertiary/aromatic N) is 1. The van der Waals surface area contributed by atoms with E-state index in [0.717, 1.165) is 22.6 Å². The molecule has 4 rings (SSSR count). The van der Waals surface area contributed by atoms with Gasteiger partial charge in [-0.2, -0.15) is 0 Å². The lowest BCUT2D eigenvalue weighted by atomic mass is 9.93. The largest absolute Gasteiger partial charge is 0.480 e. The first-order valence-electron chi connectivity index (χ1n) is 8.57. The molecule has 1 N–H and O–H groups in total. The Morgan fingerprint density at radius 1 is 0.962 bits per heavy atom. The van der Waals surface area contributed by atoms with Gasteiger partial charge in [0.1, 0.15) is 6.04 Å². The van der Waals surface area contributed by atoms with E-state index < -0.39 is 12.0 Å². The van der Waals surface area contributed by atoms with Crippen LogP contribution in [-0.2, 0) is 17.8 Å². The third-order valence-electron chi connectivity index (χ3n) is 4.85. The molecule has 1 unspecified atom stereocenters. The first kappa shape index (κ1) is 17.5. The third kappa shape index (κ3) is 3.35. The van der Waals surface area contributed by atoms with Gasteiger partial charge < -0.3 is 10.0 Å². The number of hydrogen-bond acceptors (Lipinski definition) is 4. The quantitative estimate of drug-likeness (QED) is 0.870. The van der Waals surface area contributed by atoms with E-state index in [1.807, 2.05) is 72.1 Å². The molecule has 2 aliphatic rings. The molecule has 1 saturated heterocycles. The summed E-state index contributed by atoms with van der Waals surface area (Å²) in [5.41, 5.74) is 3.79. The maximum absolute atomic E-state index is 13.0. The molecular weight excluding hydrogens is 366 g/mol. The van der Waals surface area contributed by atoms with Gasteiger partial charge in [-0.15, -0.1) is 23.5 Å². The number of rotatable bonds is 3. The standard InChI is InChI=1S/C20H19NO3S2/c22-18(13-5-7-14(8-6-13)20-25-9-10-26-20)21-12-16-4-2-1-3-15(16)11-17(21)19(23)24/h1-8,17,20H,9-12H2,(H,23,24). The molecule has 0 spiro atoms. The van der Waals surface area contributed by atoms with E-state index >= 15 is 0 Å². The average molecular weight is 386 g/mol. The van der Waals surface area contributed by atoms with E-state index in [4.69, 9.17) is 0 Å². The summed E-state index contributed by atoms with van der Waals surface area (Å²) in [6.45, 7) is 0.335. The van der Waals surface area contributed by atoms with Crippen LogP contribution in [0.4, 0.5) is 0 Å². The SMILES string of the molecule is O=C(O)C1Cc2ccccc2CN1C(=O)c1ccc(C2SCCS2)cc1. The Bertz CT molecular complexity index is 831. The van der Waals surface area contributed by atoms with Gasteiger partial charge in [-0.05, 0) is 28.8 Å². The van der Waals surface area contributed by atoms with E-state index in [-0.39, 0.29) is 5.91 Å². The molecule has 2 heterocycles. The molecule has 0 aliphatic carbocycles. The Hall–Kier alpha value is -1.92. The normalized spacial score (nSPS) is 20.0. The van der Waals surface area contributed by atoms with Gasteiger partial charge in [-0.1, -0.05) is 36.4 Å². The summed E-state index contributed by atoms with van der Waals surface area (Å²) < 4.78 is 0.438. The number of carboxylic acid groups (broad SMARTS) is 1. The van der Waals surface area contributed by atoms with Crippen molar-refractivity contribution in [3.63, 3.8) is 0 Å². The highest BCUT2D eigenvalue weighted by Gasteiger charge is 2.35. The Balaban J connectivity index is 1.58. The maximum Gasteiger partial charge on any atom is 0.326 e. The number of carbonyl (C=O) groups is 2. The molecule has 0 radical (unpaired) electrons. The van der Waals surface area contributed by atoms with E-state index in [9.17, 15) is 14.7 Å². The highest BCUT2D eigenvalue weighted by Crippen LogP contribution is 2.45. The van der Waals surface area contributed by atoms with E-state index in [2.05, 4.69) is 0 Å². The second-order valence-electron chi connectivity index (χ2n) is 6.46. The Kier molecular flexibility index (Phi) is 4.96. The molecule has 2 aromatic carbocycles. The molecule has 26 heavy (non-hydrogen) atoms. The van der Waals surface area contributed by atoms with Crippen LogP contribution in [0.1, 0.15) is 31.6 Å². The lowest BCUT2D eigenvalue weighted by molar-refractivity contribution is -0.142. The van der Waals surface area contributed by atoms with Gasteiger partial charge in [0, 0.05) is 30.0 Å². The van der Waals surface area contributed by atoms with Crippen molar-refractivity contribution < 1.29 is 14.7 Å². The molecular formula is C20H19NO3S2. The van der Waals surface area contributed by atoms with Gasteiger partial charge in [0.05, 0.1) is 4.58 Å². The van der Waals surface area contributed by atoms with Crippen LogP contribution in [0.2, 0.25) is 0 Å². The molecule has 4 nitrogen and oxygen atoms in total. The van der Waals surface area contributed by atoms with Gasteiger partial charge >= 0.3 is 5.97 Å². The molecule has 1 fully saturated rings. The summed E-state index contributed by atoms with van der Waals surface area (Å²) in [5.74, 6) is 1.14. The van der Waals surface area contributed by atoms with E-state index in [0.29, 0.717) is 23.1 Å². The predicted octanol–water partition coefficient (Wildman–Crippen LogP) is 3.82.